The Morgan fingerprint density at radius 1 is 1.33 bits per heavy atom. The van der Waals surface area contributed by atoms with Gasteiger partial charge in [0.15, 0.2) is 0 Å². The summed E-state index contributed by atoms with van der Waals surface area (Å²) in [4.78, 5) is 37.4. The van der Waals surface area contributed by atoms with Crippen molar-refractivity contribution >= 4 is 11.8 Å². The van der Waals surface area contributed by atoms with Crippen molar-refractivity contribution in [2.45, 2.75) is 19.9 Å². The highest BCUT2D eigenvalue weighted by Gasteiger charge is 2.43. The number of carbonyl (C=O) groups is 2. The SMILES string of the molecule is Cc1cccc(=O)n1CCC(=O)N1C[C@@H]2CNC(=O)[C@@H]2C1. The Labute approximate surface area is 122 Å². The van der Waals surface area contributed by atoms with Crippen LogP contribution in [0, 0.1) is 18.8 Å². The van der Waals surface area contributed by atoms with Crippen LogP contribution in [0.15, 0.2) is 23.0 Å². The van der Waals surface area contributed by atoms with Crippen molar-refractivity contribution in [1.82, 2.24) is 14.8 Å². The first-order valence-corrected chi connectivity index (χ1v) is 7.28. The van der Waals surface area contributed by atoms with Gasteiger partial charge in [-0.3, -0.25) is 14.4 Å². The minimum atomic E-state index is -0.0829. The molecule has 2 aliphatic rings. The maximum Gasteiger partial charge on any atom is 0.250 e. The van der Waals surface area contributed by atoms with Gasteiger partial charge in [0.05, 0.1) is 5.92 Å². The van der Waals surface area contributed by atoms with E-state index >= 15 is 0 Å². The first-order chi connectivity index (χ1) is 10.1. The lowest BCUT2D eigenvalue weighted by molar-refractivity contribution is -0.131. The predicted octanol–water partition coefficient (Wildman–Crippen LogP) is -0.249. The fourth-order valence-electron chi connectivity index (χ4n) is 3.22. The molecule has 2 aliphatic heterocycles. The highest BCUT2D eigenvalue weighted by Crippen LogP contribution is 2.27. The van der Waals surface area contributed by atoms with E-state index in [1.165, 1.54) is 6.07 Å². The van der Waals surface area contributed by atoms with Crippen molar-refractivity contribution in [3.8, 4) is 0 Å². The van der Waals surface area contributed by atoms with Gasteiger partial charge in [-0.15, -0.1) is 0 Å². The largest absolute Gasteiger partial charge is 0.355 e. The number of likely N-dealkylation sites (tertiary alicyclic amines) is 1. The van der Waals surface area contributed by atoms with Crippen LogP contribution < -0.4 is 10.9 Å². The van der Waals surface area contributed by atoms with Crippen LogP contribution in [-0.4, -0.2) is 40.9 Å². The summed E-state index contributed by atoms with van der Waals surface area (Å²) in [5.41, 5.74) is 0.772. The Morgan fingerprint density at radius 3 is 2.86 bits per heavy atom. The fraction of sp³-hybridized carbons (Fsp3) is 0.533. The molecular weight excluding hydrogens is 270 g/mol. The lowest BCUT2D eigenvalue weighted by Crippen LogP contribution is -2.34. The second-order valence-electron chi connectivity index (χ2n) is 5.82. The van der Waals surface area contributed by atoms with Crippen LogP contribution in [0.25, 0.3) is 0 Å². The standard InChI is InChI=1S/C15H19N3O3/c1-10-3-2-4-14(20)18(10)6-5-13(19)17-8-11-7-16-15(21)12(11)9-17/h2-4,11-12H,5-9H2,1H3,(H,16,21)/t11-,12+/m0/s1. The Balaban J connectivity index is 1.61. The number of fused-ring (bicyclic) bond motifs is 1. The number of hydrogen-bond acceptors (Lipinski definition) is 3. The maximum absolute atomic E-state index is 12.3. The summed E-state index contributed by atoms with van der Waals surface area (Å²) in [5, 5.41) is 2.83. The molecule has 21 heavy (non-hydrogen) atoms. The van der Waals surface area contributed by atoms with E-state index in [2.05, 4.69) is 5.32 Å². The normalized spacial score (nSPS) is 24.0. The monoisotopic (exact) mass is 289 g/mol. The molecule has 2 amide bonds. The van der Waals surface area contributed by atoms with Gasteiger partial charge in [-0.25, -0.2) is 0 Å². The zero-order chi connectivity index (χ0) is 15.0. The van der Waals surface area contributed by atoms with Gasteiger partial charge in [0.2, 0.25) is 11.8 Å². The van der Waals surface area contributed by atoms with Crippen LogP contribution in [0.5, 0.6) is 0 Å². The zero-order valence-electron chi connectivity index (χ0n) is 12.0. The van der Waals surface area contributed by atoms with Crippen LogP contribution in [0.3, 0.4) is 0 Å². The van der Waals surface area contributed by atoms with Crippen molar-refractivity contribution in [2.75, 3.05) is 19.6 Å². The molecule has 0 saturated carbocycles. The molecule has 1 aromatic rings. The van der Waals surface area contributed by atoms with Crippen LogP contribution in [0.1, 0.15) is 12.1 Å². The highest BCUT2D eigenvalue weighted by atomic mass is 16.2. The number of aromatic nitrogens is 1. The number of carbonyl (C=O) groups excluding carboxylic acids is 2. The average molecular weight is 289 g/mol. The Hall–Kier alpha value is -2.11. The molecular formula is C15H19N3O3. The van der Waals surface area contributed by atoms with Crippen LogP contribution in [0.4, 0.5) is 0 Å². The molecule has 1 aromatic heterocycles. The molecule has 0 aliphatic carbocycles. The highest BCUT2D eigenvalue weighted by molar-refractivity contribution is 5.84. The Kier molecular flexibility index (Phi) is 3.53. The van der Waals surface area contributed by atoms with Crippen molar-refractivity contribution in [1.29, 1.82) is 0 Å². The first kappa shape index (κ1) is 13.9. The summed E-state index contributed by atoms with van der Waals surface area (Å²) in [6, 6.07) is 5.08. The maximum atomic E-state index is 12.3. The number of nitrogens with zero attached hydrogens (tertiary/aromatic N) is 2. The third kappa shape index (κ3) is 2.57. The van der Waals surface area contributed by atoms with Gasteiger partial charge in [-0.05, 0) is 13.0 Å². The lowest BCUT2D eigenvalue weighted by atomic mass is 10.0. The summed E-state index contributed by atoms with van der Waals surface area (Å²) in [6.45, 7) is 4.08. The number of rotatable bonds is 3. The molecule has 1 N–H and O–H groups in total. The van der Waals surface area contributed by atoms with Gasteiger partial charge in [0.25, 0.3) is 5.56 Å². The molecule has 0 spiro atoms. The number of nitrogens with one attached hydrogen (secondary N) is 1. The molecule has 2 saturated heterocycles. The second kappa shape index (κ2) is 5.35. The van der Waals surface area contributed by atoms with Crippen molar-refractivity contribution in [3.63, 3.8) is 0 Å². The van der Waals surface area contributed by atoms with Gasteiger partial charge >= 0.3 is 0 Å². The summed E-state index contributed by atoms with van der Waals surface area (Å²) < 4.78 is 1.61. The molecule has 3 heterocycles. The fourth-order valence-corrected chi connectivity index (χ4v) is 3.22. The van der Waals surface area contributed by atoms with E-state index in [1.54, 1.807) is 15.5 Å². The summed E-state index contributed by atoms with van der Waals surface area (Å²) >= 11 is 0. The molecule has 0 aromatic carbocycles. The van der Waals surface area contributed by atoms with Crippen LogP contribution >= 0.6 is 0 Å². The Bertz CT molecular complexity index is 637. The van der Waals surface area contributed by atoms with Gasteiger partial charge < -0.3 is 14.8 Å². The number of hydrogen-bond donors (Lipinski definition) is 1. The molecule has 2 fully saturated rings. The summed E-state index contributed by atoms with van der Waals surface area (Å²) in [5.74, 6) is 0.288. The lowest BCUT2D eigenvalue weighted by Gasteiger charge is -2.18. The number of pyridine rings is 1. The molecule has 3 rings (SSSR count). The number of amides is 2. The quantitative estimate of drug-likeness (QED) is 0.834. The molecule has 112 valence electrons. The summed E-state index contributed by atoms with van der Waals surface area (Å²) in [7, 11) is 0. The predicted molar refractivity (Wildman–Crippen MR) is 76.6 cm³/mol. The van der Waals surface area contributed by atoms with Crippen molar-refractivity contribution in [3.05, 3.63) is 34.2 Å². The smallest absolute Gasteiger partial charge is 0.250 e. The average Bonchev–Trinajstić information content (AvgIpc) is 3.01. The van der Waals surface area contributed by atoms with Crippen LogP contribution in [-0.2, 0) is 16.1 Å². The van der Waals surface area contributed by atoms with E-state index in [4.69, 9.17) is 0 Å². The molecule has 0 unspecified atom stereocenters. The Morgan fingerprint density at radius 2 is 2.14 bits per heavy atom. The van der Waals surface area contributed by atoms with Gasteiger partial charge in [-0.2, -0.15) is 0 Å². The van der Waals surface area contributed by atoms with E-state index in [1.807, 2.05) is 13.0 Å². The summed E-state index contributed by atoms with van der Waals surface area (Å²) in [6.07, 6.45) is 0.297. The number of aryl methyl sites for hydroxylation is 1. The van der Waals surface area contributed by atoms with Gasteiger partial charge in [-0.1, -0.05) is 6.07 Å². The van der Waals surface area contributed by atoms with Crippen molar-refractivity contribution in [2.24, 2.45) is 11.8 Å². The topological polar surface area (TPSA) is 71.4 Å². The third-order valence-electron chi connectivity index (χ3n) is 4.49. The molecule has 6 heteroatoms. The minimum absolute atomic E-state index is 0.0207. The van der Waals surface area contributed by atoms with E-state index in [0.29, 0.717) is 32.6 Å². The van der Waals surface area contributed by atoms with Gasteiger partial charge in [0, 0.05) is 50.3 Å². The third-order valence-corrected chi connectivity index (χ3v) is 4.49. The molecule has 0 radical (unpaired) electrons. The van der Waals surface area contributed by atoms with Gasteiger partial charge in [0.1, 0.15) is 0 Å². The molecule has 0 bridgehead atoms. The van der Waals surface area contributed by atoms with Crippen molar-refractivity contribution < 1.29 is 9.59 Å². The van der Waals surface area contributed by atoms with E-state index in [0.717, 1.165) is 5.69 Å². The van der Waals surface area contributed by atoms with E-state index < -0.39 is 0 Å². The zero-order valence-corrected chi connectivity index (χ0v) is 12.0. The molecule has 6 nitrogen and oxygen atoms in total. The molecule has 2 atom stereocenters. The van der Waals surface area contributed by atoms with E-state index in [9.17, 15) is 14.4 Å². The van der Waals surface area contributed by atoms with Crippen LogP contribution in [0.2, 0.25) is 0 Å². The first-order valence-electron chi connectivity index (χ1n) is 7.28. The van der Waals surface area contributed by atoms with E-state index in [-0.39, 0.29) is 29.2 Å². The second-order valence-corrected chi connectivity index (χ2v) is 5.82. The minimum Gasteiger partial charge on any atom is -0.355 e.